The summed E-state index contributed by atoms with van der Waals surface area (Å²) >= 11 is 0. The Kier molecular flexibility index (Phi) is 7.09. The molecule has 17 heavy (non-hydrogen) atoms. The highest BCUT2D eigenvalue weighted by atomic mass is 15.2. The molecule has 3 heteroatoms. The van der Waals surface area contributed by atoms with Crippen molar-refractivity contribution in [1.29, 1.82) is 0 Å². The van der Waals surface area contributed by atoms with E-state index >= 15 is 0 Å². The van der Waals surface area contributed by atoms with Crippen molar-refractivity contribution in [3.63, 3.8) is 0 Å². The molecule has 0 aromatic carbocycles. The number of rotatable bonds is 8. The van der Waals surface area contributed by atoms with Gasteiger partial charge in [-0.15, -0.1) is 0 Å². The number of nitrogens with zero attached hydrogens (tertiary/aromatic N) is 2. The van der Waals surface area contributed by atoms with E-state index in [1.165, 1.54) is 38.9 Å². The SMILES string of the molecule is CC(C)CC(CN(C)C)NCCN1CCCC1. The largest absolute Gasteiger partial charge is 0.311 e. The van der Waals surface area contributed by atoms with Gasteiger partial charge in [-0.25, -0.2) is 0 Å². The molecule has 1 fully saturated rings. The van der Waals surface area contributed by atoms with E-state index < -0.39 is 0 Å². The number of hydrogen-bond acceptors (Lipinski definition) is 3. The summed E-state index contributed by atoms with van der Waals surface area (Å²) < 4.78 is 0. The summed E-state index contributed by atoms with van der Waals surface area (Å²) in [6.07, 6.45) is 4.07. The van der Waals surface area contributed by atoms with Crippen LogP contribution < -0.4 is 5.32 Å². The Morgan fingerprint density at radius 2 is 1.82 bits per heavy atom. The van der Waals surface area contributed by atoms with Crippen molar-refractivity contribution in [3.8, 4) is 0 Å². The van der Waals surface area contributed by atoms with E-state index in [1.54, 1.807) is 0 Å². The second-order valence-electron chi connectivity index (χ2n) is 6.09. The van der Waals surface area contributed by atoms with Crippen molar-refractivity contribution < 1.29 is 0 Å². The van der Waals surface area contributed by atoms with Crippen molar-refractivity contribution >= 4 is 0 Å². The Hall–Kier alpha value is -0.120. The van der Waals surface area contributed by atoms with Crippen LogP contribution in [-0.2, 0) is 0 Å². The molecule has 0 aliphatic carbocycles. The van der Waals surface area contributed by atoms with Gasteiger partial charge in [0.1, 0.15) is 0 Å². The number of likely N-dealkylation sites (tertiary alicyclic amines) is 1. The Labute approximate surface area is 108 Å². The average Bonchev–Trinajstić information content (AvgIpc) is 2.68. The van der Waals surface area contributed by atoms with Crippen LogP contribution in [0.1, 0.15) is 33.1 Å². The first-order valence-electron chi connectivity index (χ1n) is 7.18. The Morgan fingerprint density at radius 1 is 1.18 bits per heavy atom. The van der Waals surface area contributed by atoms with E-state index in [1.807, 2.05) is 0 Å². The van der Waals surface area contributed by atoms with E-state index in [4.69, 9.17) is 0 Å². The predicted molar refractivity (Wildman–Crippen MR) is 75.5 cm³/mol. The molecule has 0 bridgehead atoms. The third-order valence-corrected chi connectivity index (χ3v) is 3.40. The minimum Gasteiger partial charge on any atom is -0.311 e. The fourth-order valence-corrected chi connectivity index (χ4v) is 2.67. The summed E-state index contributed by atoms with van der Waals surface area (Å²) in [5.41, 5.74) is 0. The molecule has 1 rings (SSSR count). The molecule has 0 aromatic rings. The lowest BCUT2D eigenvalue weighted by atomic mass is 10.0. The molecule has 1 atom stereocenters. The molecule has 1 unspecified atom stereocenters. The van der Waals surface area contributed by atoms with Crippen LogP contribution in [0.4, 0.5) is 0 Å². The molecular formula is C14H31N3. The molecule has 1 heterocycles. The van der Waals surface area contributed by atoms with Crippen molar-refractivity contribution in [2.45, 2.75) is 39.2 Å². The molecule has 0 radical (unpaired) electrons. The molecule has 1 N–H and O–H groups in total. The first kappa shape index (κ1) is 14.9. The summed E-state index contributed by atoms with van der Waals surface area (Å²) in [5.74, 6) is 0.777. The van der Waals surface area contributed by atoms with Crippen LogP contribution in [0.2, 0.25) is 0 Å². The van der Waals surface area contributed by atoms with Crippen molar-refractivity contribution in [2.24, 2.45) is 5.92 Å². The minimum absolute atomic E-state index is 0.646. The van der Waals surface area contributed by atoms with Crippen molar-refractivity contribution in [2.75, 3.05) is 46.8 Å². The van der Waals surface area contributed by atoms with Gasteiger partial charge in [0, 0.05) is 25.7 Å². The van der Waals surface area contributed by atoms with Gasteiger partial charge in [-0.3, -0.25) is 0 Å². The smallest absolute Gasteiger partial charge is 0.0197 e. The molecular weight excluding hydrogens is 210 g/mol. The molecule has 0 saturated carbocycles. The van der Waals surface area contributed by atoms with Crippen LogP contribution in [-0.4, -0.2) is 62.7 Å². The second-order valence-corrected chi connectivity index (χ2v) is 6.09. The van der Waals surface area contributed by atoms with Crippen molar-refractivity contribution in [1.82, 2.24) is 15.1 Å². The van der Waals surface area contributed by atoms with Gasteiger partial charge in [-0.1, -0.05) is 13.8 Å². The van der Waals surface area contributed by atoms with Gasteiger partial charge in [0.15, 0.2) is 0 Å². The van der Waals surface area contributed by atoms with Crippen LogP contribution in [0.5, 0.6) is 0 Å². The highest BCUT2D eigenvalue weighted by molar-refractivity contribution is 4.73. The number of hydrogen-bond donors (Lipinski definition) is 1. The fourth-order valence-electron chi connectivity index (χ4n) is 2.67. The molecule has 1 aliphatic rings. The standard InChI is InChI=1S/C14H31N3/c1-13(2)11-14(12-16(3)4)15-7-10-17-8-5-6-9-17/h13-15H,5-12H2,1-4H3. The second kappa shape index (κ2) is 8.06. The van der Waals surface area contributed by atoms with Crippen LogP contribution in [0, 0.1) is 5.92 Å². The quantitative estimate of drug-likeness (QED) is 0.697. The van der Waals surface area contributed by atoms with Crippen LogP contribution >= 0.6 is 0 Å². The molecule has 0 amide bonds. The Bertz CT molecular complexity index is 176. The highest BCUT2D eigenvalue weighted by Gasteiger charge is 2.14. The lowest BCUT2D eigenvalue weighted by Gasteiger charge is -2.25. The molecule has 0 spiro atoms. The third kappa shape index (κ3) is 7.02. The molecule has 3 nitrogen and oxygen atoms in total. The normalized spacial score (nSPS) is 19.4. The van der Waals surface area contributed by atoms with Gasteiger partial charge in [-0.05, 0) is 52.4 Å². The molecule has 102 valence electrons. The minimum atomic E-state index is 0.646. The van der Waals surface area contributed by atoms with Gasteiger partial charge in [0.25, 0.3) is 0 Å². The maximum Gasteiger partial charge on any atom is 0.0197 e. The summed E-state index contributed by atoms with van der Waals surface area (Å²) in [5, 5.41) is 3.73. The van der Waals surface area contributed by atoms with Crippen molar-refractivity contribution in [3.05, 3.63) is 0 Å². The summed E-state index contributed by atoms with van der Waals surface area (Å²) in [6.45, 7) is 10.8. The van der Waals surface area contributed by atoms with E-state index in [0.717, 1.165) is 19.0 Å². The summed E-state index contributed by atoms with van der Waals surface area (Å²) in [7, 11) is 4.32. The van der Waals surface area contributed by atoms with Gasteiger partial charge >= 0.3 is 0 Å². The Balaban J connectivity index is 2.17. The van der Waals surface area contributed by atoms with Gasteiger partial charge < -0.3 is 15.1 Å². The summed E-state index contributed by atoms with van der Waals surface area (Å²) in [4.78, 5) is 4.87. The van der Waals surface area contributed by atoms with Crippen LogP contribution in [0.3, 0.4) is 0 Å². The zero-order valence-electron chi connectivity index (χ0n) is 12.2. The first-order valence-corrected chi connectivity index (χ1v) is 7.18. The van der Waals surface area contributed by atoms with Crippen LogP contribution in [0.25, 0.3) is 0 Å². The first-order chi connectivity index (χ1) is 8.08. The number of nitrogens with one attached hydrogen (secondary N) is 1. The number of likely N-dealkylation sites (N-methyl/N-ethyl adjacent to an activating group) is 1. The third-order valence-electron chi connectivity index (χ3n) is 3.40. The maximum atomic E-state index is 3.73. The van der Waals surface area contributed by atoms with E-state index in [-0.39, 0.29) is 0 Å². The van der Waals surface area contributed by atoms with Gasteiger partial charge in [0.2, 0.25) is 0 Å². The average molecular weight is 241 g/mol. The summed E-state index contributed by atoms with van der Waals surface area (Å²) in [6, 6.07) is 0.646. The predicted octanol–water partition coefficient (Wildman–Crippen LogP) is 1.65. The lowest BCUT2D eigenvalue weighted by Crippen LogP contribution is -2.42. The molecule has 1 saturated heterocycles. The monoisotopic (exact) mass is 241 g/mol. The van der Waals surface area contributed by atoms with Crippen LogP contribution in [0.15, 0.2) is 0 Å². The Morgan fingerprint density at radius 3 is 2.35 bits per heavy atom. The van der Waals surface area contributed by atoms with E-state index in [9.17, 15) is 0 Å². The highest BCUT2D eigenvalue weighted by Crippen LogP contribution is 2.07. The maximum absolute atomic E-state index is 3.73. The lowest BCUT2D eigenvalue weighted by molar-refractivity contribution is 0.282. The fraction of sp³-hybridized carbons (Fsp3) is 1.00. The van der Waals surface area contributed by atoms with Gasteiger partial charge in [-0.2, -0.15) is 0 Å². The van der Waals surface area contributed by atoms with Gasteiger partial charge in [0.05, 0.1) is 0 Å². The van der Waals surface area contributed by atoms with E-state index in [0.29, 0.717) is 6.04 Å². The molecule has 1 aliphatic heterocycles. The molecule has 0 aromatic heterocycles. The zero-order valence-corrected chi connectivity index (χ0v) is 12.2. The zero-order chi connectivity index (χ0) is 12.7. The van der Waals surface area contributed by atoms with E-state index in [2.05, 4.69) is 43.1 Å². The topological polar surface area (TPSA) is 18.5 Å².